The number of nitrogens with one attached hydrogen (secondary N) is 1. The van der Waals surface area contributed by atoms with E-state index in [0.29, 0.717) is 12.5 Å². The Morgan fingerprint density at radius 1 is 1.47 bits per heavy atom. The van der Waals surface area contributed by atoms with Crippen molar-refractivity contribution >= 4 is 33.0 Å². The third kappa shape index (κ3) is 3.64. The van der Waals surface area contributed by atoms with Crippen LogP contribution in [0.5, 0.6) is 0 Å². The third-order valence-electron chi connectivity index (χ3n) is 3.04. The van der Waals surface area contributed by atoms with Crippen LogP contribution in [0, 0.1) is 5.92 Å². The van der Waals surface area contributed by atoms with Gasteiger partial charge in [0.15, 0.2) is 8.68 Å². The molecule has 17 heavy (non-hydrogen) atoms. The van der Waals surface area contributed by atoms with Crippen LogP contribution in [-0.4, -0.2) is 19.9 Å². The number of halogens is 1. The van der Waals surface area contributed by atoms with Crippen LogP contribution in [0.1, 0.15) is 32.1 Å². The van der Waals surface area contributed by atoms with E-state index in [1.165, 1.54) is 31.9 Å². The Hall–Kier alpha value is -0.170. The molecule has 1 aliphatic rings. The Balaban J connectivity index is 1.85. The Kier molecular flexibility index (Phi) is 4.41. The minimum Gasteiger partial charge on any atom is -0.232 e. The summed E-state index contributed by atoms with van der Waals surface area (Å²) >= 11 is 6.60. The number of rotatable bonds is 5. The van der Waals surface area contributed by atoms with Gasteiger partial charge < -0.3 is 0 Å². The number of hydrogen-bond donors (Lipinski definition) is 1. The number of nitrogens with zero attached hydrogens (tertiary/aromatic N) is 1. The van der Waals surface area contributed by atoms with E-state index >= 15 is 0 Å². The van der Waals surface area contributed by atoms with Crippen LogP contribution in [0.15, 0.2) is 10.4 Å². The fraction of sp³-hybridized carbons (Fsp3) is 0.700. The first-order chi connectivity index (χ1) is 8.08. The number of aromatic nitrogens is 1. The number of hydrogen-bond acceptors (Lipinski definition) is 4. The van der Waals surface area contributed by atoms with Gasteiger partial charge in [0.2, 0.25) is 0 Å². The van der Waals surface area contributed by atoms with Crippen molar-refractivity contribution in [2.24, 2.45) is 5.92 Å². The first-order valence-electron chi connectivity index (χ1n) is 5.69. The highest BCUT2D eigenvalue weighted by atomic mass is 35.5. The van der Waals surface area contributed by atoms with Gasteiger partial charge in [-0.05, 0) is 12.3 Å². The van der Waals surface area contributed by atoms with Gasteiger partial charge in [-0.15, -0.1) is 0 Å². The molecule has 1 heterocycles. The molecule has 1 saturated carbocycles. The van der Waals surface area contributed by atoms with E-state index in [1.54, 1.807) is 0 Å². The molecular weight excluding hydrogens is 280 g/mol. The van der Waals surface area contributed by atoms with Crippen LogP contribution in [-0.2, 0) is 10.0 Å². The lowest BCUT2D eigenvalue weighted by atomic mass is 10.1. The first kappa shape index (κ1) is 13.3. The molecule has 0 saturated heterocycles. The van der Waals surface area contributed by atoms with Crippen LogP contribution >= 0.6 is 22.9 Å². The zero-order valence-corrected chi connectivity index (χ0v) is 11.7. The van der Waals surface area contributed by atoms with Crippen LogP contribution in [0.2, 0.25) is 4.47 Å². The molecule has 0 radical (unpaired) electrons. The summed E-state index contributed by atoms with van der Waals surface area (Å²) in [6.45, 7) is 0.502. The molecule has 1 aromatic heterocycles. The average molecular weight is 295 g/mol. The van der Waals surface area contributed by atoms with Crippen molar-refractivity contribution in [2.45, 2.75) is 36.3 Å². The van der Waals surface area contributed by atoms with E-state index in [-0.39, 0.29) is 8.68 Å². The molecule has 0 aliphatic heterocycles. The molecule has 1 aromatic rings. The lowest BCUT2D eigenvalue weighted by Gasteiger charge is -2.09. The largest absolute Gasteiger partial charge is 0.251 e. The minimum absolute atomic E-state index is 0.189. The summed E-state index contributed by atoms with van der Waals surface area (Å²) in [6, 6.07) is 0. The van der Waals surface area contributed by atoms with Crippen molar-refractivity contribution in [3.8, 4) is 0 Å². The topological polar surface area (TPSA) is 59.1 Å². The van der Waals surface area contributed by atoms with Crippen molar-refractivity contribution in [3.63, 3.8) is 0 Å². The van der Waals surface area contributed by atoms with E-state index < -0.39 is 10.0 Å². The fourth-order valence-electron chi connectivity index (χ4n) is 2.13. The molecule has 7 heteroatoms. The van der Waals surface area contributed by atoms with Gasteiger partial charge in [0.25, 0.3) is 10.0 Å². The third-order valence-corrected chi connectivity index (χ3v) is 6.08. The highest BCUT2D eigenvalue weighted by Crippen LogP contribution is 2.27. The van der Waals surface area contributed by atoms with Gasteiger partial charge in [-0.2, -0.15) is 0 Å². The minimum atomic E-state index is -3.41. The predicted octanol–water partition coefficient (Wildman–Crippen LogP) is 2.66. The molecule has 1 N–H and O–H groups in total. The van der Waals surface area contributed by atoms with Crippen LogP contribution in [0.25, 0.3) is 0 Å². The lowest BCUT2D eigenvalue weighted by Crippen LogP contribution is -2.25. The van der Waals surface area contributed by atoms with Gasteiger partial charge in [-0.3, -0.25) is 0 Å². The van der Waals surface area contributed by atoms with Gasteiger partial charge in [0.1, 0.15) is 0 Å². The highest BCUT2D eigenvalue weighted by molar-refractivity contribution is 7.91. The summed E-state index contributed by atoms with van der Waals surface area (Å²) in [6.07, 6.45) is 7.24. The van der Waals surface area contributed by atoms with Crippen molar-refractivity contribution in [2.75, 3.05) is 6.54 Å². The Bertz CT molecular complexity index is 466. The maximum Gasteiger partial charge on any atom is 0.251 e. The van der Waals surface area contributed by atoms with Crippen LogP contribution < -0.4 is 4.72 Å². The molecule has 1 fully saturated rings. The zero-order valence-electron chi connectivity index (χ0n) is 9.36. The number of sulfonamides is 1. The Morgan fingerprint density at radius 2 is 2.18 bits per heavy atom. The standard InChI is InChI=1S/C10H15ClN2O2S2/c11-10-12-7-9(16-10)17(14,15)13-6-5-8-3-1-2-4-8/h7-8,13H,1-6H2. The fourth-order valence-corrected chi connectivity index (χ4v) is 4.52. The molecule has 4 nitrogen and oxygen atoms in total. The summed E-state index contributed by atoms with van der Waals surface area (Å²) in [5.41, 5.74) is 0. The molecule has 0 aromatic carbocycles. The van der Waals surface area contributed by atoms with Gasteiger partial charge in [0, 0.05) is 6.54 Å². The molecular formula is C10H15ClN2O2S2. The normalized spacial score (nSPS) is 17.7. The van der Waals surface area contributed by atoms with Gasteiger partial charge in [-0.25, -0.2) is 18.1 Å². The average Bonchev–Trinajstić information content (AvgIpc) is 2.89. The van der Waals surface area contributed by atoms with Gasteiger partial charge in [-0.1, -0.05) is 48.6 Å². The van der Waals surface area contributed by atoms with E-state index in [1.807, 2.05) is 0 Å². The van der Waals surface area contributed by atoms with E-state index in [0.717, 1.165) is 17.8 Å². The van der Waals surface area contributed by atoms with Crippen molar-refractivity contribution < 1.29 is 8.42 Å². The smallest absolute Gasteiger partial charge is 0.232 e. The molecule has 0 amide bonds. The van der Waals surface area contributed by atoms with E-state index in [9.17, 15) is 8.42 Å². The second-order valence-corrected chi connectivity index (χ2v) is 7.88. The highest BCUT2D eigenvalue weighted by Gasteiger charge is 2.19. The monoisotopic (exact) mass is 294 g/mol. The SMILES string of the molecule is O=S(=O)(NCCC1CCCC1)c1cnc(Cl)s1. The van der Waals surface area contributed by atoms with Crippen molar-refractivity contribution in [1.29, 1.82) is 0 Å². The summed E-state index contributed by atoms with van der Waals surface area (Å²) in [5.74, 6) is 0.683. The van der Waals surface area contributed by atoms with Crippen LogP contribution in [0.4, 0.5) is 0 Å². The summed E-state index contributed by atoms with van der Waals surface area (Å²) < 4.78 is 26.7. The van der Waals surface area contributed by atoms with Gasteiger partial charge >= 0.3 is 0 Å². The Morgan fingerprint density at radius 3 is 2.76 bits per heavy atom. The number of thiazole rings is 1. The van der Waals surface area contributed by atoms with Crippen LogP contribution in [0.3, 0.4) is 0 Å². The maximum absolute atomic E-state index is 11.8. The summed E-state index contributed by atoms with van der Waals surface area (Å²) in [5, 5.41) is 0. The molecule has 1 aliphatic carbocycles. The first-order valence-corrected chi connectivity index (χ1v) is 8.37. The molecule has 0 atom stereocenters. The second-order valence-electron chi connectivity index (χ2n) is 4.27. The van der Waals surface area contributed by atoms with E-state index in [4.69, 9.17) is 11.6 Å². The zero-order chi connectivity index (χ0) is 12.3. The maximum atomic E-state index is 11.8. The van der Waals surface area contributed by atoms with E-state index in [2.05, 4.69) is 9.71 Å². The molecule has 0 bridgehead atoms. The van der Waals surface area contributed by atoms with Crippen molar-refractivity contribution in [1.82, 2.24) is 9.71 Å². The molecule has 96 valence electrons. The van der Waals surface area contributed by atoms with Crippen molar-refractivity contribution in [3.05, 3.63) is 10.7 Å². The summed E-state index contributed by atoms with van der Waals surface area (Å²) in [4.78, 5) is 3.73. The predicted molar refractivity (Wildman–Crippen MR) is 68.9 cm³/mol. The Labute approximate surface area is 110 Å². The summed E-state index contributed by atoms with van der Waals surface area (Å²) in [7, 11) is -3.41. The molecule has 2 rings (SSSR count). The lowest BCUT2D eigenvalue weighted by molar-refractivity contribution is 0.496. The quantitative estimate of drug-likeness (QED) is 0.908. The molecule has 0 unspecified atom stereocenters. The molecule has 0 spiro atoms. The second kappa shape index (κ2) is 5.65. The van der Waals surface area contributed by atoms with Gasteiger partial charge in [0.05, 0.1) is 6.20 Å².